The van der Waals surface area contributed by atoms with Gasteiger partial charge in [0.25, 0.3) is 0 Å². The minimum absolute atomic E-state index is 0.0745. The number of aryl methyl sites for hydroxylation is 1. The number of nitrogens with one attached hydrogen (secondary N) is 1. The summed E-state index contributed by atoms with van der Waals surface area (Å²) in [5.74, 6) is 1.27. The highest BCUT2D eigenvalue weighted by atomic mass is 19.1. The highest BCUT2D eigenvalue weighted by Gasteiger charge is 2.42. The Hall–Kier alpha value is -1.38. The molecule has 3 rings (SSSR count). The lowest BCUT2D eigenvalue weighted by Gasteiger charge is -2.20. The Morgan fingerprint density at radius 1 is 1.33 bits per heavy atom. The number of fused-ring (bicyclic) bond motifs is 2. The van der Waals surface area contributed by atoms with E-state index in [0.717, 1.165) is 12.3 Å². The Balaban J connectivity index is 1.69. The first-order valence-corrected chi connectivity index (χ1v) is 6.70. The molecule has 2 aliphatic rings. The lowest BCUT2D eigenvalue weighted by molar-refractivity contribution is -0.121. The quantitative estimate of drug-likeness (QED) is 0.851. The lowest BCUT2D eigenvalue weighted by Crippen LogP contribution is -2.27. The molecule has 0 radical (unpaired) electrons. The molecule has 96 valence electrons. The molecular weight excluding hydrogens is 229 g/mol. The molecule has 1 amide bonds. The first-order chi connectivity index (χ1) is 8.63. The Bertz CT molecular complexity index is 485. The van der Waals surface area contributed by atoms with Gasteiger partial charge in [-0.2, -0.15) is 0 Å². The Kier molecular flexibility index (Phi) is 2.84. The zero-order valence-electron chi connectivity index (χ0n) is 10.6. The summed E-state index contributed by atoms with van der Waals surface area (Å²) in [4.78, 5) is 12.2. The SMILES string of the molecule is Cc1ccc(NC(=O)C2CC3CCC2C3)cc1F. The monoisotopic (exact) mass is 247 g/mol. The van der Waals surface area contributed by atoms with Crippen LogP contribution in [-0.4, -0.2) is 5.91 Å². The molecule has 3 atom stereocenters. The van der Waals surface area contributed by atoms with Crippen molar-refractivity contribution in [1.29, 1.82) is 0 Å². The summed E-state index contributed by atoms with van der Waals surface area (Å²) < 4.78 is 13.4. The molecule has 1 aromatic rings. The highest BCUT2D eigenvalue weighted by molar-refractivity contribution is 5.93. The first-order valence-electron chi connectivity index (χ1n) is 6.70. The summed E-state index contributed by atoms with van der Waals surface area (Å²) in [5.41, 5.74) is 1.18. The molecule has 2 aliphatic carbocycles. The predicted molar refractivity (Wildman–Crippen MR) is 68.7 cm³/mol. The molecule has 3 unspecified atom stereocenters. The number of amides is 1. The van der Waals surface area contributed by atoms with E-state index in [9.17, 15) is 9.18 Å². The third-order valence-corrected chi connectivity index (χ3v) is 4.51. The normalized spacial score (nSPS) is 29.6. The van der Waals surface area contributed by atoms with Gasteiger partial charge >= 0.3 is 0 Å². The number of rotatable bonds is 2. The van der Waals surface area contributed by atoms with Gasteiger partial charge in [-0.1, -0.05) is 12.5 Å². The van der Waals surface area contributed by atoms with Gasteiger partial charge in [0, 0.05) is 11.6 Å². The van der Waals surface area contributed by atoms with Crippen molar-refractivity contribution < 1.29 is 9.18 Å². The van der Waals surface area contributed by atoms with Gasteiger partial charge in [-0.25, -0.2) is 4.39 Å². The summed E-state index contributed by atoms with van der Waals surface area (Å²) in [6.07, 6.45) is 4.70. The average molecular weight is 247 g/mol. The van der Waals surface area contributed by atoms with Crippen molar-refractivity contribution in [2.75, 3.05) is 5.32 Å². The molecular formula is C15H18FNO. The molecule has 0 spiro atoms. The second kappa shape index (κ2) is 4.38. The fourth-order valence-electron chi connectivity index (χ4n) is 3.47. The molecule has 1 N–H and O–H groups in total. The van der Waals surface area contributed by atoms with Gasteiger partial charge in [0.2, 0.25) is 5.91 Å². The number of hydrogen-bond donors (Lipinski definition) is 1. The zero-order valence-corrected chi connectivity index (χ0v) is 10.6. The van der Waals surface area contributed by atoms with Crippen molar-refractivity contribution in [1.82, 2.24) is 0 Å². The molecule has 3 heteroatoms. The Labute approximate surface area is 107 Å². The molecule has 0 saturated heterocycles. The molecule has 2 nitrogen and oxygen atoms in total. The van der Waals surface area contributed by atoms with Crippen molar-refractivity contribution in [3.63, 3.8) is 0 Å². The predicted octanol–water partition coefficient (Wildman–Crippen LogP) is 3.51. The van der Waals surface area contributed by atoms with E-state index < -0.39 is 0 Å². The number of halogens is 1. The average Bonchev–Trinajstić information content (AvgIpc) is 2.96. The van der Waals surface area contributed by atoms with Crippen LogP contribution in [0.25, 0.3) is 0 Å². The molecule has 2 bridgehead atoms. The largest absolute Gasteiger partial charge is 0.326 e. The van der Waals surface area contributed by atoms with E-state index in [2.05, 4.69) is 5.32 Å². The second-order valence-corrected chi connectivity index (χ2v) is 5.73. The van der Waals surface area contributed by atoms with Gasteiger partial charge in [0.15, 0.2) is 0 Å². The van der Waals surface area contributed by atoms with Gasteiger partial charge in [0.1, 0.15) is 5.82 Å². The molecule has 2 fully saturated rings. The van der Waals surface area contributed by atoms with E-state index in [-0.39, 0.29) is 17.6 Å². The smallest absolute Gasteiger partial charge is 0.227 e. The summed E-state index contributed by atoms with van der Waals surface area (Å²) in [6, 6.07) is 4.87. The second-order valence-electron chi connectivity index (χ2n) is 5.73. The van der Waals surface area contributed by atoms with Crippen LogP contribution in [0.3, 0.4) is 0 Å². The number of benzene rings is 1. The molecule has 1 aromatic carbocycles. The van der Waals surface area contributed by atoms with Crippen LogP contribution in [-0.2, 0) is 4.79 Å². The number of carbonyl (C=O) groups is 1. The minimum atomic E-state index is -0.263. The topological polar surface area (TPSA) is 29.1 Å². The highest BCUT2D eigenvalue weighted by Crippen LogP contribution is 2.48. The van der Waals surface area contributed by atoms with Gasteiger partial charge in [-0.15, -0.1) is 0 Å². The van der Waals surface area contributed by atoms with Crippen LogP contribution >= 0.6 is 0 Å². The minimum Gasteiger partial charge on any atom is -0.326 e. The maximum absolute atomic E-state index is 13.4. The number of hydrogen-bond acceptors (Lipinski definition) is 1. The van der Waals surface area contributed by atoms with E-state index >= 15 is 0 Å². The lowest BCUT2D eigenvalue weighted by atomic mass is 9.88. The van der Waals surface area contributed by atoms with Gasteiger partial charge in [-0.3, -0.25) is 4.79 Å². The fraction of sp³-hybridized carbons (Fsp3) is 0.533. The molecule has 0 aliphatic heterocycles. The molecule has 18 heavy (non-hydrogen) atoms. The van der Waals surface area contributed by atoms with Crippen LogP contribution in [0.2, 0.25) is 0 Å². The Morgan fingerprint density at radius 2 is 2.17 bits per heavy atom. The van der Waals surface area contributed by atoms with Gasteiger partial charge < -0.3 is 5.32 Å². The van der Waals surface area contributed by atoms with Crippen molar-refractivity contribution in [2.24, 2.45) is 17.8 Å². The summed E-state index contributed by atoms with van der Waals surface area (Å²) >= 11 is 0. The standard InChI is InChI=1S/C15H18FNO/c1-9-2-5-12(8-14(9)16)17-15(18)13-7-10-3-4-11(13)6-10/h2,5,8,10-11,13H,3-4,6-7H2,1H3,(H,17,18). The van der Waals surface area contributed by atoms with Crippen LogP contribution < -0.4 is 5.32 Å². The summed E-state index contributed by atoms with van der Waals surface area (Å²) in [5, 5.41) is 2.86. The maximum atomic E-state index is 13.4. The third kappa shape index (κ3) is 2.02. The summed E-state index contributed by atoms with van der Waals surface area (Å²) in [7, 11) is 0. The van der Waals surface area contributed by atoms with E-state index in [1.807, 2.05) is 0 Å². The van der Waals surface area contributed by atoms with E-state index in [4.69, 9.17) is 0 Å². The fourth-order valence-corrected chi connectivity index (χ4v) is 3.47. The molecule has 0 aromatic heterocycles. The van der Waals surface area contributed by atoms with E-state index in [1.54, 1.807) is 19.1 Å². The molecule has 0 heterocycles. The first kappa shape index (κ1) is 11.7. The van der Waals surface area contributed by atoms with Crippen LogP contribution in [0.5, 0.6) is 0 Å². The number of carbonyl (C=O) groups excluding carboxylic acids is 1. The number of anilines is 1. The Morgan fingerprint density at radius 3 is 2.78 bits per heavy atom. The van der Waals surface area contributed by atoms with Crippen LogP contribution in [0.4, 0.5) is 10.1 Å². The van der Waals surface area contributed by atoms with Crippen LogP contribution in [0.1, 0.15) is 31.2 Å². The third-order valence-electron chi connectivity index (χ3n) is 4.51. The van der Waals surface area contributed by atoms with E-state index in [0.29, 0.717) is 17.2 Å². The maximum Gasteiger partial charge on any atom is 0.227 e. The molecule has 2 saturated carbocycles. The van der Waals surface area contributed by atoms with Crippen molar-refractivity contribution >= 4 is 11.6 Å². The van der Waals surface area contributed by atoms with Crippen LogP contribution in [0.15, 0.2) is 18.2 Å². The van der Waals surface area contributed by atoms with Crippen molar-refractivity contribution in [3.8, 4) is 0 Å². The zero-order chi connectivity index (χ0) is 12.7. The van der Waals surface area contributed by atoms with Crippen LogP contribution in [0, 0.1) is 30.5 Å². The summed E-state index contributed by atoms with van der Waals surface area (Å²) in [6.45, 7) is 1.72. The van der Waals surface area contributed by atoms with Crippen molar-refractivity contribution in [3.05, 3.63) is 29.6 Å². The van der Waals surface area contributed by atoms with Crippen molar-refractivity contribution in [2.45, 2.75) is 32.6 Å². The van der Waals surface area contributed by atoms with Gasteiger partial charge in [0.05, 0.1) is 0 Å². The van der Waals surface area contributed by atoms with Gasteiger partial charge in [-0.05, 0) is 55.7 Å². The van der Waals surface area contributed by atoms with E-state index in [1.165, 1.54) is 25.3 Å².